The highest BCUT2D eigenvalue weighted by Crippen LogP contribution is 2.22. The second-order valence-electron chi connectivity index (χ2n) is 7.58. The van der Waals surface area contributed by atoms with E-state index < -0.39 is 23.6 Å². The number of rotatable bonds is 4. The molecule has 11 heteroatoms. The third-order valence-corrected chi connectivity index (χ3v) is 4.14. The third-order valence-electron chi connectivity index (χ3n) is 4.14. The van der Waals surface area contributed by atoms with Gasteiger partial charge >= 0.3 is 11.9 Å². The molecule has 0 saturated carbocycles. The lowest BCUT2D eigenvalue weighted by Gasteiger charge is -2.40. The molecule has 0 aromatic carbocycles. The first-order chi connectivity index (χ1) is 13.6. The monoisotopic (exact) mass is 401 g/mol. The normalized spacial score (nSPS) is 17.1. The van der Waals surface area contributed by atoms with E-state index >= 15 is 0 Å². The Morgan fingerprint density at radius 2 is 1.66 bits per heavy atom. The molecule has 0 aliphatic carbocycles. The van der Waals surface area contributed by atoms with Crippen LogP contribution < -0.4 is 15.5 Å². The number of aromatic carboxylic acids is 1. The molecular formula is C18H23N7O4. The summed E-state index contributed by atoms with van der Waals surface area (Å²) in [5, 5.41) is 9.04. The smallest absolute Gasteiger partial charge is 0.338 e. The van der Waals surface area contributed by atoms with E-state index in [1.807, 2.05) is 4.90 Å². The summed E-state index contributed by atoms with van der Waals surface area (Å²) in [6.45, 7) is 6.52. The minimum absolute atomic E-state index is 0.0310. The highest BCUT2D eigenvalue weighted by molar-refractivity contribution is 5.87. The maximum atomic E-state index is 12.9. The van der Waals surface area contributed by atoms with Crippen LogP contribution in [0.1, 0.15) is 31.1 Å². The first kappa shape index (κ1) is 20.2. The predicted molar refractivity (Wildman–Crippen MR) is 105 cm³/mol. The lowest BCUT2D eigenvalue weighted by Crippen LogP contribution is -2.58. The first-order valence-corrected chi connectivity index (χ1v) is 9.01. The Kier molecular flexibility index (Phi) is 5.48. The number of piperazine rings is 1. The molecule has 3 rings (SSSR count). The average Bonchev–Trinajstić information content (AvgIpc) is 2.67. The van der Waals surface area contributed by atoms with E-state index in [0.717, 1.165) is 0 Å². The average molecular weight is 401 g/mol. The molecule has 29 heavy (non-hydrogen) atoms. The Bertz CT molecular complexity index is 881. The predicted octanol–water partition coefficient (Wildman–Crippen LogP) is 0.584. The van der Waals surface area contributed by atoms with E-state index in [2.05, 4.69) is 19.9 Å². The number of aromatic nitrogens is 4. The molecule has 1 aliphatic rings. The molecule has 11 nitrogen and oxygen atoms in total. The molecule has 2 aromatic heterocycles. The topological polar surface area (TPSA) is 148 Å². The number of carbonyl (C=O) groups excluding carboxylic acids is 1. The highest BCUT2D eigenvalue weighted by Gasteiger charge is 2.37. The van der Waals surface area contributed by atoms with Crippen molar-refractivity contribution in [1.82, 2.24) is 19.9 Å². The molecule has 3 heterocycles. The number of esters is 1. The van der Waals surface area contributed by atoms with Crippen LogP contribution in [-0.2, 0) is 9.53 Å². The summed E-state index contributed by atoms with van der Waals surface area (Å²) >= 11 is 0. The number of ether oxygens (including phenoxy) is 1. The van der Waals surface area contributed by atoms with E-state index in [4.69, 9.17) is 15.6 Å². The molecule has 154 valence electrons. The Morgan fingerprint density at radius 1 is 1.07 bits per heavy atom. The van der Waals surface area contributed by atoms with Crippen molar-refractivity contribution in [3.63, 3.8) is 0 Å². The van der Waals surface area contributed by atoms with E-state index in [9.17, 15) is 9.59 Å². The van der Waals surface area contributed by atoms with Crippen LogP contribution in [0.25, 0.3) is 0 Å². The van der Waals surface area contributed by atoms with Gasteiger partial charge in [0.25, 0.3) is 0 Å². The summed E-state index contributed by atoms with van der Waals surface area (Å²) in [5.74, 6) is -0.854. The van der Waals surface area contributed by atoms with Crippen molar-refractivity contribution in [2.24, 2.45) is 0 Å². The summed E-state index contributed by atoms with van der Waals surface area (Å²) in [5.41, 5.74) is 5.39. The van der Waals surface area contributed by atoms with Gasteiger partial charge in [0, 0.05) is 25.5 Å². The van der Waals surface area contributed by atoms with Gasteiger partial charge in [-0.2, -0.15) is 0 Å². The number of carbonyl (C=O) groups is 2. The molecule has 2 aromatic rings. The van der Waals surface area contributed by atoms with Crippen molar-refractivity contribution in [3.8, 4) is 0 Å². The summed E-state index contributed by atoms with van der Waals surface area (Å²) in [7, 11) is 0. The van der Waals surface area contributed by atoms with Gasteiger partial charge in [0.1, 0.15) is 11.6 Å². The molecule has 1 saturated heterocycles. The lowest BCUT2D eigenvalue weighted by atomic mass is 10.1. The number of carboxylic acid groups (broad SMARTS) is 1. The molecule has 1 atom stereocenters. The fraction of sp³-hybridized carbons (Fsp3) is 0.444. The second kappa shape index (κ2) is 7.86. The maximum Gasteiger partial charge on any atom is 0.338 e. The van der Waals surface area contributed by atoms with Gasteiger partial charge in [-0.05, 0) is 20.8 Å². The SMILES string of the molecule is CC(C)(C)OC(=O)C1CN(c2ncc(N)cn2)CCN1c1ncc(C(=O)O)cn1. The van der Waals surface area contributed by atoms with Gasteiger partial charge in [-0.3, -0.25) is 0 Å². The molecule has 1 aliphatic heterocycles. The van der Waals surface area contributed by atoms with Crippen LogP contribution in [0.4, 0.5) is 17.6 Å². The second-order valence-corrected chi connectivity index (χ2v) is 7.58. The Labute approximate surface area is 167 Å². The van der Waals surface area contributed by atoms with Crippen molar-refractivity contribution in [3.05, 3.63) is 30.4 Å². The zero-order chi connectivity index (χ0) is 21.2. The van der Waals surface area contributed by atoms with Crippen molar-refractivity contribution in [2.45, 2.75) is 32.4 Å². The van der Waals surface area contributed by atoms with E-state index in [0.29, 0.717) is 24.7 Å². The number of nitrogens with zero attached hydrogens (tertiary/aromatic N) is 6. The Morgan fingerprint density at radius 3 is 2.21 bits per heavy atom. The molecule has 0 radical (unpaired) electrons. The zero-order valence-corrected chi connectivity index (χ0v) is 16.4. The number of hydrogen-bond acceptors (Lipinski definition) is 10. The number of nitrogen functional groups attached to an aromatic ring is 1. The molecule has 0 spiro atoms. The van der Waals surface area contributed by atoms with Crippen LogP contribution in [0.15, 0.2) is 24.8 Å². The minimum Gasteiger partial charge on any atom is -0.478 e. The molecule has 1 fully saturated rings. The van der Waals surface area contributed by atoms with Crippen LogP contribution >= 0.6 is 0 Å². The van der Waals surface area contributed by atoms with Gasteiger partial charge in [-0.15, -0.1) is 0 Å². The Hall–Kier alpha value is -3.50. The van der Waals surface area contributed by atoms with Crippen LogP contribution in [0.5, 0.6) is 0 Å². The number of carboxylic acids is 1. The first-order valence-electron chi connectivity index (χ1n) is 9.01. The van der Waals surface area contributed by atoms with E-state index in [1.165, 1.54) is 24.8 Å². The number of nitrogens with two attached hydrogens (primary N) is 1. The van der Waals surface area contributed by atoms with Gasteiger partial charge < -0.3 is 25.4 Å². The Balaban J connectivity index is 1.87. The van der Waals surface area contributed by atoms with Crippen LogP contribution in [-0.4, -0.2) is 68.3 Å². The molecule has 0 bridgehead atoms. The molecule has 3 N–H and O–H groups in total. The van der Waals surface area contributed by atoms with Gasteiger partial charge in [0.15, 0.2) is 0 Å². The lowest BCUT2D eigenvalue weighted by molar-refractivity contribution is -0.156. The number of hydrogen-bond donors (Lipinski definition) is 2. The van der Waals surface area contributed by atoms with Crippen LogP contribution in [0.3, 0.4) is 0 Å². The third kappa shape index (κ3) is 4.86. The summed E-state index contributed by atoms with van der Waals surface area (Å²) in [4.78, 5) is 44.2. The molecule has 1 unspecified atom stereocenters. The van der Waals surface area contributed by atoms with Crippen molar-refractivity contribution in [2.75, 3.05) is 35.2 Å². The van der Waals surface area contributed by atoms with Gasteiger partial charge in [0.05, 0.1) is 30.2 Å². The van der Waals surface area contributed by atoms with Crippen LogP contribution in [0.2, 0.25) is 0 Å². The van der Waals surface area contributed by atoms with Crippen LogP contribution in [0, 0.1) is 0 Å². The largest absolute Gasteiger partial charge is 0.478 e. The zero-order valence-electron chi connectivity index (χ0n) is 16.4. The quantitative estimate of drug-likeness (QED) is 0.693. The van der Waals surface area contributed by atoms with Crippen molar-refractivity contribution >= 4 is 29.5 Å². The maximum absolute atomic E-state index is 12.9. The number of anilines is 3. The molecular weight excluding hydrogens is 378 g/mol. The van der Waals surface area contributed by atoms with Crippen molar-refractivity contribution in [1.29, 1.82) is 0 Å². The highest BCUT2D eigenvalue weighted by atomic mass is 16.6. The van der Waals surface area contributed by atoms with Gasteiger partial charge in [-0.1, -0.05) is 0 Å². The summed E-state index contributed by atoms with van der Waals surface area (Å²) in [6.07, 6.45) is 5.44. The van der Waals surface area contributed by atoms with E-state index in [1.54, 1.807) is 25.7 Å². The standard InChI is InChI=1S/C18H23N7O4/c1-18(2,3)29-15(28)13-10-24(16-22-8-12(19)9-23-16)4-5-25(13)17-20-6-11(7-21-17)14(26)27/h6-9,13H,4-5,10,19H2,1-3H3,(H,26,27). The van der Waals surface area contributed by atoms with E-state index in [-0.39, 0.29) is 18.1 Å². The summed E-state index contributed by atoms with van der Waals surface area (Å²) < 4.78 is 5.58. The fourth-order valence-corrected chi connectivity index (χ4v) is 2.85. The van der Waals surface area contributed by atoms with Gasteiger partial charge in [0.2, 0.25) is 11.9 Å². The minimum atomic E-state index is -1.12. The summed E-state index contributed by atoms with van der Waals surface area (Å²) in [6, 6.07) is -0.722. The van der Waals surface area contributed by atoms with Gasteiger partial charge in [-0.25, -0.2) is 29.5 Å². The molecule has 0 amide bonds. The fourth-order valence-electron chi connectivity index (χ4n) is 2.85. The van der Waals surface area contributed by atoms with Crippen molar-refractivity contribution < 1.29 is 19.4 Å².